The lowest BCUT2D eigenvalue weighted by Gasteiger charge is -2.31. The molecule has 0 N–H and O–H groups in total. The zero-order valence-corrected chi connectivity index (χ0v) is 14.7. The molecule has 0 spiro atoms. The molecule has 2 aromatic rings. The van der Waals surface area contributed by atoms with Crippen LogP contribution in [0.15, 0.2) is 36.4 Å². The van der Waals surface area contributed by atoms with E-state index in [2.05, 4.69) is 28.1 Å². The van der Waals surface area contributed by atoms with E-state index < -0.39 is 0 Å². The van der Waals surface area contributed by atoms with Gasteiger partial charge in [0.25, 0.3) is 5.91 Å². The summed E-state index contributed by atoms with van der Waals surface area (Å²) >= 11 is 0. The minimum atomic E-state index is -0.0570. The van der Waals surface area contributed by atoms with Gasteiger partial charge in [0.2, 0.25) is 0 Å². The molecule has 0 bridgehead atoms. The SMILES string of the molecule is CC1CCN(c2ccc(C(=O)N3CCCc4ccccc43)nn2)CC1. The summed E-state index contributed by atoms with van der Waals surface area (Å²) in [6.45, 7) is 5.07. The van der Waals surface area contributed by atoms with Gasteiger partial charge in [-0.2, -0.15) is 0 Å². The minimum absolute atomic E-state index is 0.0570. The highest BCUT2D eigenvalue weighted by atomic mass is 16.2. The fraction of sp³-hybridized carbons (Fsp3) is 0.450. The number of amides is 1. The van der Waals surface area contributed by atoms with E-state index in [4.69, 9.17) is 0 Å². The second kappa shape index (κ2) is 6.82. The van der Waals surface area contributed by atoms with Crippen molar-refractivity contribution in [3.05, 3.63) is 47.7 Å². The van der Waals surface area contributed by atoms with Crippen LogP contribution in [0.4, 0.5) is 11.5 Å². The quantitative estimate of drug-likeness (QED) is 0.844. The zero-order valence-electron chi connectivity index (χ0n) is 14.7. The largest absolute Gasteiger partial charge is 0.355 e. The summed E-state index contributed by atoms with van der Waals surface area (Å²) in [4.78, 5) is 17.0. The van der Waals surface area contributed by atoms with E-state index in [0.29, 0.717) is 5.69 Å². The molecule has 25 heavy (non-hydrogen) atoms. The fourth-order valence-corrected chi connectivity index (χ4v) is 3.73. The Labute approximate surface area is 148 Å². The summed E-state index contributed by atoms with van der Waals surface area (Å²) in [6, 6.07) is 11.9. The second-order valence-electron chi connectivity index (χ2n) is 7.14. The summed E-state index contributed by atoms with van der Waals surface area (Å²) in [7, 11) is 0. The first-order valence-corrected chi connectivity index (χ1v) is 9.21. The summed E-state index contributed by atoms with van der Waals surface area (Å²) < 4.78 is 0. The third-order valence-corrected chi connectivity index (χ3v) is 5.33. The monoisotopic (exact) mass is 336 g/mol. The number of para-hydroxylation sites is 1. The van der Waals surface area contributed by atoms with Crippen LogP contribution in [0.1, 0.15) is 42.2 Å². The standard InChI is InChI=1S/C20H24N4O/c1-15-10-13-23(14-11-15)19-9-8-17(21-22-19)20(25)24-12-4-6-16-5-2-3-7-18(16)24/h2-3,5,7-9,15H,4,6,10-14H2,1H3. The van der Waals surface area contributed by atoms with Crippen molar-refractivity contribution in [2.75, 3.05) is 29.4 Å². The van der Waals surface area contributed by atoms with Crippen LogP contribution in [0.25, 0.3) is 0 Å². The van der Waals surface area contributed by atoms with Crippen molar-refractivity contribution >= 4 is 17.4 Å². The lowest BCUT2D eigenvalue weighted by Crippen LogP contribution is -2.36. The van der Waals surface area contributed by atoms with Crippen LogP contribution >= 0.6 is 0 Å². The number of piperidine rings is 1. The van der Waals surface area contributed by atoms with E-state index >= 15 is 0 Å². The maximum Gasteiger partial charge on any atom is 0.278 e. The Hall–Kier alpha value is -2.43. The fourth-order valence-electron chi connectivity index (χ4n) is 3.73. The van der Waals surface area contributed by atoms with Crippen LogP contribution in [-0.4, -0.2) is 35.7 Å². The van der Waals surface area contributed by atoms with Crippen molar-refractivity contribution in [2.24, 2.45) is 5.92 Å². The molecule has 0 aliphatic carbocycles. The molecule has 1 saturated heterocycles. The number of benzene rings is 1. The number of hydrogen-bond donors (Lipinski definition) is 0. The number of anilines is 2. The van der Waals surface area contributed by atoms with E-state index in [1.54, 1.807) is 0 Å². The molecule has 1 aromatic carbocycles. The smallest absolute Gasteiger partial charge is 0.278 e. The molecule has 0 unspecified atom stereocenters. The molecule has 1 amide bonds. The van der Waals surface area contributed by atoms with Gasteiger partial charge >= 0.3 is 0 Å². The molecule has 2 aliphatic heterocycles. The Morgan fingerprint density at radius 3 is 2.60 bits per heavy atom. The highest BCUT2D eigenvalue weighted by molar-refractivity contribution is 6.05. The average molecular weight is 336 g/mol. The topological polar surface area (TPSA) is 49.3 Å². The lowest BCUT2D eigenvalue weighted by atomic mass is 9.99. The number of rotatable bonds is 2. The Kier molecular flexibility index (Phi) is 4.38. The van der Waals surface area contributed by atoms with Crippen LogP contribution in [0.2, 0.25) is 0 Å². The summed E-state index contributed by atoms with van der Waals surface area (Å²) in [5.74, 6) is 1.60. The number of hydrogen-bond acceptors (Lipinski definition) is 4. The van der Waals surface area contributed by atoms with Crippen LogP contribution < -0.4 is 9.80 Å². The van der Waals surface area contributed by atoms with Gasteiger partial charge in [-0.05, 0) is 55.4 Å². The third kappa shape index (κ3) is 3.23. The van der Waals surface area contributed by atoms with Crippen LogP contribution in [0.5, 0.6) is 0 Å². The van der Waals surface area contributed by atoms with E-state index in [1.165, 1.54) is 18.4 Å². The number of aryl methyl sites for hydroxylation is 1. The Bertz CT molecular complexity index is 751. The number of aromatic nitrogens is 2. The molecule has 1 fully saturated rings. The van der Waals surface area contributed by atoms with Crippen LogP contribution in [0, 0.1) is 5.92 Å². The van der Waals surface area contributed by atoms with Gasteiger partial charge in [-0.1, -0.05) is 25.1 Å². The van der Waals surface area contributed by atoms with Gasteiger partial charge in [-0.3, -0.25) is 4.79 Å². The molecular formula is C20H24N4O. The Balaban J connectivity index is 1.52. The summed E-state index contributed by atoms with van der Waals surface area (Å²) in [5, 5.41) is 8.57. The number of nitrogens with zero attached hydrogens (tertiary/aromatic N) is 4. The van der Waals surface area contributed by atoms with E-state index in [1.807, 2.05) is 35.2 Å². The van der Waals surface area contributed by atoms with E-state index in [0.717, 1.165) is 49.9 Å². The zero-order chi connectivity index (χ0) is 17.2. The molecule has 130 valence electrons. The average Bonchev–Trinajstić information content (AvgIpc) is 2.68. The maximum absolute atomic E-state index is 12.9. The first-order valence-electron chi connectivity index (χ1n) is 9.21. The predicted molar refractivity (Wildman–Crippen MR) is 99.1 cm³/mol. The molecule has 5 nitrogen and oxygen atoms in total. The van der Waals surface area contributed by atoms with Gasteiger partial charge in [0.15, 0.2) is 11.5 Å². The van der Waals surface area contributed by atoms with Gasteiger partial charge in [-0.25, -0.2) is 0 Å². The lowest BCUT2D eigenvalue weighted by molar-refractivity contribution is 0.0979. The molecular weight excluding hydrogens is 312 g/mol. The normalized spacial score (nSPS) is 18.1. The maximum atomic E-state index is 12.9. The summed E-state index contributed by atoms with van der Waals surface area (Å²) in [6.07, 6.45) is 4.39. The van der Waals surface area contributed by atoms with Crippen molar-refractivity contribution in [2.45, 2.75) is 32.6 Å². The first kappa shape index (κ1) is 16.1. The van der Waals surface area contributed by atoms with Gasteiger partial charge in [0.1, 0.15) is 0 Å². The number of fused-ring (bicyclic) bond motifs is 1. The molecule has 0 saturated carbocycles. The predicted octanol–water partition coefficient (Wildman–Crippen LogP) is 3.31. The third-order valence-electron chi connectivity index (χ3n) is 5.33. The molecule has 3 heterocycles. The second-order valence-corrected chi connectivity index (χ2v) is 7.14. The van der Waals surface area contributed by atoms with Crippen LogP contribution in [-0.2, 0) is 6.42 Å². The summed E-state index contributed by atoms with van der Waals surface area (Å²) in [5.41, 5.74) is 2.66. The number of carbonyl (C=O) groups is 1. The molecule has 4 rings (SSSR count). The Morgan fingerprint density at radius 2 is 1.84 bits per heavy atom. The van der Waals surface area contributed by atoms with Crippen molar-refractivity contribution in [1.29, 1.82) is 0 Å². The van der Waals surface area contributed by atoms with Crippen molar-refractivity contribution in [3.8, 4) is 0 Å². The van der Waals surface area contributed by atoms with Gasteiger partial charge in [-0.15, -0.1) is 10.2 Å². The van der Waals surface area contributed by atoms with Crippen molar-refractivity contribution < 1.29 is 4.79 Å². The number of carbonyl (C=O) groups excluding carboxylic acids is 1. The van der Waals surface area contributed by atoms with Gasteiger partial charge in [0.05, 0.1) is 0 Å². The Morgan fingerprint density at radius 1 is 1.04 bits per heavy atom. The molecule has 1 aromatic heterocycles. The van der Waals surface area contributed by atoms with Crippen LogP contribution in [0.3, 0.4) is 0 Å². The molecule has 0 radical (unpaired) electrons. The molecule has 0 atom stereocenters. The van der Waals surface area contributed by atoms with Gasteiger partial charge < -0.3 is 9.80 Å². The van der Waals surface area contributed by atoms with Crippen molar-refractivity contribution in [3.63, 3.8) is 0 Å². The first-order chi connectivity index (χ1) is 12.2. The van der Waals surface area contributed by atoms with E-state index in [9.17, 15) is 4.79 Å². The highest BCUT2D eigenvalue weighted by Gasteiger charge is 2.25. The van der Waals surface area contributed by atoms with Gasteiger partial charge in [0, 0.05) is 25.3 Å². The van der Waals surface area contributed by atoms with Crippen molar-refractivity contribution in [1.82, 2.24) is 10.2 Å². The highest BCUT2D eigenvalue weighted by Crippen LogP contribution is 2.28. The minimum Gasteiger partial charge on any atom is -0.355 e. The van der Waals surface area contributed by atoms with E-state index in [-0.39, 0.29) is 5.91 Å². The molecule has 2 aliphatic rings. The molecule has 5 heteroatoms.